The van der Waals surface area contributed by atoms with Crippen LogP contribution in [0.4, 0.5) is 0 Å². The summed E-state index contributed by atoms with van der Waals surface area (Å²) in [4.78, 5) is 25.0. The number of carbonyl (C=O) groups excluding carboxylic acids is 2. The largest absolute Gasteiger partial charge is 0.458 e. The van der Waals surface area contributed by atoms with Crippen LogP contribution in [0.25, 0.3) is 0 Å². The molecular formula is C29H44O7. The van der Waals surface area contributed by atoms with Gasteiger partial charge in [-0.05, 0) is 62.4 Å². The highest BCUT2D eigenvalue weighted by Crippen LogP contribution is 2.67. The van der Waals surface area contributed by atoms with Crippen LogP contribution in [-0.2, 0) is 28.5 Å². The number of allylic oxidation sites excluding steroid dienone is 2. The summed E-state index contributed by atoms with van der Waals surface area (Å²) in [5, 5.41) is 11.7. The van der Waals surface area contributed by atoms with E-state index < -0.39 is 36.2 Å². The van der Waals surface area contributed by atoms with Gasteiger partial charge in [0.1, 0.15) is 6.10 Å². The van der Waals surface area contributed by atoms with E-state index in [9.17, 15) is 14.7 Å². The third-order valence-electron chi connectivity index (χ3n) is 9.00. The summed E-state index contributed by atoms with van der Waals surface area (Å²) in [7, 11) is 0. The standard InChI is InChI=1S/C29H44O7/c1-9-17(4)12-13-28(8)19(6)14-24(31)29-22(26(33-11-3)36-27(29)34-20(7)30)15-21(16-23(28)29)35-25(32)18(5)10-2/h9,15,18-19,21,23-24,26-27,31H,1,4,10-14,16H2,2-3,5-8H3. The van der Waals surface area contributed by atoms with Crippen molar-refractivity contribution >= 4 is 11.9 Å². The summed E-state index contributed by atoms with van der Waals surface area (Å²) in [6.07, 6.45) is 3.76. The highest BCUT2D eigenvalue weighted by atomic mass is 16.8. The lowest BCUT2D eigenvalue weighted by Gasteiger charge is -2.60. The van der Waals surface area contributed by atoms with E-state index in [1.807, 2.05) is 26.8 Å². The van der Waals surface area contributed by atoms with Crippen LogP contribution in [0.2, 0.25) is 0 Å². The maximum atomic E-state index is 12.8. The number of esters is 2. The molecule has 0 bridgehead atoms. The number of carbonyl (C=O) groups is 2. The predicted octanol–water partition coefficient (Wildman–Crippen LogP) is 5.09. The predicted molar refractivity (Wildman–Crippen MR) is 136 cm³/mol. The fourth-order valence-electron chi connectivity index (χ4n) is 6.48. The molecule has 7 heteroatoms. The lowest BCUT2D eigenvalue weighted by Crippen LogP contribution is -2.63. The Morgan fingerprint density at radius 1 is 1.31 bits per heavy atom. The monoisotopic (exact) mass is 504 g/mol. The van der Waals surface area contributed by atoms with E-state index in [4.69, 9.17) is 18.9 Å². The summed E-state index contributed by atoms with van der Waals surface area (Å²) in [5.41, 5.74) is 0.360. The molecule has 0 aromatic rings. The normalized spacial score (nSPS) is 38.2. The maximum absolute atomic E-state index is 12.8. The Bertz CT molecular complexity index is 894. The van der Waals surface area contributed by atoms with E-state index in [0.29, 0.717) is 31.4 Å². The smallest absolute Gasteiger partial charge is 0.309 e. The highest BCUT2D eigenvalue weighted by Gasteiger charge is 2.71. The third-order valence-corrected chi connectivity index (χ3v) is 9.00. The number of hydrogen-bond donors (Lipinski definition) is 1. The maximum Gasteiger partial charge on any atom is 0.309 e. The van der Waals surface area contributed by atoms with Crippen LogP contribution >= 0.6 is 0 Å². The molecule has 1 aliphatic heterocycles. The SMILES string of the molecule is C=CC(=C)CCC1(C)C(C)CC(O)C23C(=CC(OC(=O)C(C)CC)CC12)C(OCC)OC3OC(C)=O. The summed E-state index contributed by atoms with van der Waals surface area (Å²) in [6, 6.07) is 0. The van der Waals surface area contributed by atoms with Crippen LogP contribution in [0.15, 0.2) is 36.5 Å². The van der Waals surface area contributed by atoms with Gasteiger partial charge in [-0.1, -0.05) is 52.5 Å². The zero-order chi connectivity index (χ0) is 26.8. The summed E-state index contributed by atoms with van der Waals surface area (Å²) in [5.74, 6) is -1.01. The van der Waals surface area contributed by atoms with E-state index in [2.05, 4.69) is 27.0 Å². The molecule has 3 aliphatic rings. The van der Waals surface area contributed by atoms with Crippen LogP contribution in [0.5, 0.6) is 0 Å². The van der Waals surface area contributed by atoms with E-state index in [0.717, 1.165) is 18.4 Å². The Hall–Kier alpha value is -1.96. The second-order valence-electron chi connectivity index (χ2n) is 11.0. The topological polar surface area (TPSA) is 91.3 Å². The van der Waals surface area contributed by atoms with Gasteiger partial charge >= 0.3 is 11.9 Å². The van der Waals surface area contributed by atoms with Gasteiger partial charge in [-0.2, -0.15) is 0 Å². The summed E-state index contributed by atoms with van der Waals surface area (Å²) in [6.45, 7) is 19.7. The highest BCUT2D eigenvalue weighted by molar-refractivity contribution is 5.72. The van der Waals surface area contributed by atoms with Gasteiger partial charge in [-0.3, -0.25) is 9.59 Å². The first-order valence-electron chi connectivity index (χ1n) is 13.3. The molecular weight excluding hydrogens is 460 g/mol. The van der Waals surface area contributed by atoms with E-state index in [1.165, 1.54) is 6.92 Å². The molecule has 1 saturated heterocycles. The Kier molecular flexibility index (Phi) is 8.90. The van der Waals surface area contributed by atoms with Gasteiger partial charge < -0.3 is 24.1 Å². The van der Waals surface area contributed by atoms with Gasteiger partial charge in [0.2, 0.25) is 6.29 Å². The molecule has 0 aromatic carbocycles. The Morgan fingerprint density at radius 3 is 2.58 bits per heavy atom. The van der Waals surface area contributed by atoms with Gasteiger partial charge in [-0.25, -0.2) is 0 Å². The minimum atomic E-state index is -1.00. The van der Waals surface area contributed by atoms with Crippen LogP contribution in [0.1, 0.15) is 73.6 Å². The lowest BCUT2D eigenvalue weighted by atomic mass is 9.45. The molecule has 1 spiro atoms. The minimum Gasteiger partial charge on any atom is -0.458 e. The average Bonchev–Trinajstić information content (AvgIpc) is 3.13. The Labute approximate surface area is 215 Å². The van der Waals surface area contributed by atoms with Gasteiger partial charge in [0.25, 0.3) is 0 Å². The van der Waals surface area contributed by atoms with Crippen LogP contribution in [-0.4, -0.2) is 48.4 Å². The molecule has 0 radical (unpaired) electrons. The number of aliphatic hydroxyl groups excluding tert-OH is 1. The second-order valence-corrected chi connectivity index (χ2v) is 11.0. The van der Waals surface area contributed by atoms with Gasteiger partial charge in [0, 0.05) is 19.1 Å². The zero-order valence-electron chi connectivity index (χ0n) is 22.7. The van der Waals surface area contributed by atoms with Crippen LogP contribution in [0, 0.1) is 28.6 Å². The summed E-state index contributed by atoms with van der Waals surface area (Å²) < 4.78 is 23.9. The molecule has 1 saturated carbocycles. The molecule has 9 unspecified atom stereocenters. The Morgan fingerprint density at radius 2 is 2.00 bits per heavy atom. The first-order valence-corrected chi connectivity index (χ1v) is 13.3. The molecule has 7 nitrogen and oxygen atoms in total. The van der Waals surface area contributed by atoms with E-state index in [1.54, 1.807) is 6.08 Å². The molecule has 0 amide bonds. The van der Waals surface area contributed by atoms with Gasteiger partial charge in [0.05, 0.1) is 17.4 Å². The van der Waals surface area contributed by atoms with Crippen molar-refractivity contribution in [3.05, 3.63) is 36.5 Å². The van der Waals surface area contributed by atoms with Gasteiger partial charge in [-0.15, -0.1) is 0 Å². The fraction of sp³-hybridized carbons (Fsp3) is 0.724. The molecule has 2 fully saturated rings. The first-order chi connectivity index (χ1) is 16.9. The third kappa shape index (κ3) is 4.94. The van der Waals surface area contributed by atoms with Crippen molar-refractivity contribution in [2.45, 2.75) is 98.4 Å². The van der Waals surface area contributed by atoms with Crippen molar-refractivity contribution < 1.29 is 33.6 Å². The quantitative estimate of drug-likeness (QED) is 0.252. The minimum absolute atomic E-state index is 0.148. The molecule has 3 rings (SSSR count). The first kappa shape index (κ1) is 28.6. The van der Waals surface area contributed by atoms with E-state index >= 15 is 0 Å². The van der Waals surface area contributed by atoms with Crippen LogP contribution < -0.4 is 0 Å². The van der Waals surface area contributed by atoms with Crippen molar-refractivity contribution in [3.63, 3.8) is 0 Å². The molecule has 202 valence electrons. The molecule has 2 aliphatic carbocycles. The number of rotatable bonds is 10. The average molecular weight is 505 g/mol. The molecule has 36 heavy (non-hydrogen) atoms. The fourth-order valence-corrected chi connectivity index (χ4v) is 6.48. The molecule has 9 atom stereocenters. The second kappa shape index (κ2) is 11.2. The Balaban J connectivity index is 2.16. The van der Waals surface area contributed by atoms with Crippen molar-refractivity contribution in [1.82, 2.24) is 0 Å². The van der Waals surface area contributed by atoms with Crippen LogP contribution in [0.3, 0.4) is 0 Å². The molecule has 1 N–H and O–H groups in total. The van der Waals surface area contributed by atoms with Crippen molar-refractivity contribution in [2.24, 2.45) is 28.6 Å². The lowest BCUT2D eigenvalue weighted by molar-refractivity contribution is -0.256. The number of hydrogen-bond acceptors (Lipinski definition) is 7. The van der Waals surface area contributed by atoms with Crippen molar-refractivity contribution in [2.75, 3.05) is 6.61 Å². The van der Waals surface area contributed by atoms with Crippen molar-refractivity contribution in [3.8, 4) is 0 Å². The van der Waals surface area contributed by atoms with Crippen molar-refractivity contribution in [1.29, 1.82) is 0 Å². The zero-order valence-corrected chi connectivity index (χ0v) is 22.7. The number of ether oxygens (including phenoxy) is 4. The molecule has 1 heterocycles. The molecule has 0 aromatic heterocycles. The van der Waals surface area contributed by atoms with E-state index in [-0.39, 0.29) is 29.1 Å². The number of aliphatic hydroxyl groups is 1. The summed E-state index contributed by atoms with van der Waals surface area (Å²) >= 11 is 0. The van der Waals surface area contributed by atoms with Gasteiger partial charge in [0.15, 0.2) is 6.29 Å².